The van der Waals surface area contributed by atoms with Gasteiger partial charge in [-0.25, -0.2) is 0 Å². The average molecular weight is 270 g/mol. The molecule has 2 nitrogen and oxygen atoms in total. The van der Waals surface area contributed by atoms with Gasteiger partial charge in [0.1, 0.15) is 0 Å². The molecular weight excluding hydrogens is 244 g/mol. The molecule has 1 aliphatic carbocycles. The normalized spacial score (nSPS) is 19.9. The van der Waals surface area contributed by atoms with Crippen LogP contribution in [0.4, 0.5) is 0 Å². The van der Waals surface area contributed by atoms with Gasteiger partial charge in [-0.1, -0.05) is 37.8 Å². The molecule has 0 amide bonds. The van der Waals surface area contributed by atoms with E-state index in [4.69, 9.17) is 5.26 Å². The minimum Gasteiger partial charge on any atom is -0.307 e. The maximum Gasteiger partial charge on any atom is 0.0991 e. The maximum absolute atomic E-state index is 8.99. The zero-order chi connectivity index (χ0) is 14.4. The molecule has 2 rings (SSSR count). The van der Waals surface area contributed by atoms with Gasteiger partial charge in [-0.05, 0) is 50.3 Å². The van der Waals surface area contributed by atoms with Crippen LogP contribution in [0, 0.1) is 17.2 Å². The predicted octanol–water partition coefficient (Wildman–Crippen LogP) is 4.57. The first-order valence-electron chi connectivity index (χ1n) is 7.97. The van der Waals surface area contributed by atoms with Crippen LogP contribution >= 0.6 is 0 Å². The van der Waals surface area contributed by atoms with E-state index in [0.717, 1.165) is 11.5 Å². The molecule has 0 saturated heterocycles. The molecule has 1 unspecified atom stereocenters. The second-order valence-electron chi connectivity index (χ2n) is 6.17. The van der Waals surface area contributed by atoms with Gasteiger partial charge in [0, 0.05) is 12.1 Å². The van der Waals surface area contributed by atoms with E-state index in [1.807, 2.05) is 18.2 Å². The Labute approximate surface area is 123 Å². The molecule has 0 radical (unpaired) electrons. The molecule has 0 aliphatic heterocycles. The summed E-state index contributed by atoms with van der Waals surface area (Å²) in [5.41, 5.74) is 1.96. The summed E-state index contributed by atoms with van der Waals surface area (Å²) in [6, 6.07) is 11.0. The van der Waals surface area contributed by atoms with Crippen LogP contribution in [0.1, 0.15) is 69.5 Å². The number of hydrogen-bond acceptors (Lipinski definition) is 2. The number of hydrogen-bond donors (Lipinski definition) is 1. The van der Waals surface area contributed by atoms with Crippen molar-refractivity contribution in [2.75, 3.05) is 0 Å². The molecule has 0 heterocycles. The van der Waals surface area contributed by atoms with Crippen molar-refractivity contribution >= 4 is 0 Å². The van der Waals surface area contributed by atoms with Gasteiger partial charge in [-0.15, -0.1) is 0 Å². The van der Waals surface area contributed by atoms with E-state index in [-0.39, 0.29) is 0 Å². The molecule has 1 saturated carbocycles. The fourth-order valence-electron chi connectivity index (χ4n) is 3.32. The van der Waals surface area contributed by atoms with Crippen LogP contribution in [-0.4, -0.2) is 6.04 Å². The molecule has 0 bridgehead atoms. The van der Waals surface area contributed by atoms with E-state index in [2.05, 4.69) is 31.3 Å². The number of benzene rings is 1. The third-order valence-corrected chi connectivity index (χ3v) is 4.64. The monoisotopic (exact) mass is 270 g/mol. The number of nitrogens with zero attached hydrogens (tertiary/aromatic N) is 1. The fourth-order valence-corrected chi connectivity index (χ4v) is 3.32. The Morgan fingerprint density at radius 2 is 1.85 bits per heavy atom. The van der Waals surface area contributed by atoms with E-state index in [1.54, 1.807) is 0 Å². The summed E-state index contributed by atoms with van der Waals surface area (Å²) in [5.74, 6) is 0.805. The third kappa shape index (κ3) is 4.08. The van der Waals surface area contributed by atoms with E-state index in [1.165, 1.54) is 44.1 Å². The van der Waals surface area contributed by atoms with Crippen molar-refractivity contribution in [3.63, 3.8) is 0 Å². The summed E-state index contributed by atoms with van der Waals surface area (Å²) >= 11 is 0. The molecule has 1 aromatic carbocycles. The first-order chi connectivity index (χ1) is 9.70. The van der Waals surface area contributed by atoms with Gasteiger partial charge in [0.2, 0.25) is 0 Å². The van der Waals surface area contributed by atoms with Crippen LogP contribution in [0.2, 0.25) is 0 Å². The van der Waals surface area contributed by atoms with Crippen LogP contribution < -0.4 is 5.32 Å². The summed E-state index contributed by atoms with van der Waals surface area (Å²) in [6.07, 6.45) is 8.30. The Morgan fingerprint density at radius 1 is 1.15 bits per heavy atom. The maximum atomic E-state index is 8.99. The van der Waals surface area contributed by atoms with Crippen molar-refractivity contribution in [1.82, 2.24) is 5.32 Å². The highest BCUT2D eigenvalue weighted by atomic mass is 14.9. The van der Waals surface area contributed by atoms with Crippen molar-refractivity contribution in [3.8, 4) is 6.07 Å². The Hall–Kier alpha value is -1.33. The molecule has 0 spiro atoms. The molecule has 2 heteroatoms. The Bertz CT molecular complexity index is 453. The van der Waals surface area contributed by atoms with Crippen LogP contribution in [-0.2, 0) is 0 Å². The van der Waals surface area contributed by atoms with Gasteiger partial charge in [-0.3, -0.25) is 0 Å². The highest BCUT2D eigenvalue weighted by Crippen LogP contribution is 2.27. The lowest BCUT2D eigenvalue weighted by Crippen LogP contribution is -2.35. The highest BCUT2D eigenvalue weighted by Gasteiger charge is 2.20. The van der Waals surface area contributed by atoms with E-state index >= 15 is 0 Å². The highest BCUT2D eigenvalue weighted by molar-refractivity contribution is 5.34. The van der Waals surface area contributed by atoms with Gasteiger partial charge >= 0.3 is 0 Å². The molecule has 1 N–H and O–H groups in total. The number of nitriles is 1. The summed E-state index contributed by atoms with van der Waals surface area (Å²) in [5, 5.41) is 12.7. The smallest absolute Gasteiger partial charge is 0.0991 e. The lowest BCUT2D eigenvalue weighted by molar-refractivity contribution is 0.316. The van der Waals surface area contributed by atoms with E-state index < -0.39 is 0 Å². The summed E-state index contributed by atoms with van der Waals surface area (Å²) in [7, 11) is 0. The zero-order valence-corrected chi connectivity index (χ0v) is 12.7. The first kappa shape index (κ1) is 15.1. The van der Waals surface area contributed by atoms with Gasteiger partial charge in [-0.2, -0.15) is 5.26 Å². The van der Waals surface area contributed by atoms with Crippen molar-refractivity contribution in [2.45, 2.75) is 64.5 Å². The van der Waals surface area contributed by atoms with Crippen LogP contribution in [0.5, 0.6) is 0 Å². The first-order valence-corrected chi connectivity index (χ1v) is 7.97. The number of nitrogens with one attached hydrogen (secondary N) is 1. The van der Waals surface area contributed by atoms with Crippen LogP contribution in [0.15, 0.2) is 24.3 Å². The molecular formula is C18H26N2. The second kappa shape index (κ2) is 7.45. The molecule has 108 valence electrons. The quantitative estimate of drug-likeness (QED) is 0.814. The lowest BCUT2D eigenvalue weighted by Gasteiger charge is -2.27. The summed E-state index contributed by atoms with van der Waals surface area (Å²) < 4.78 is 0. The van der Waals surface area contributed by atoms with Crippen molar-refractivity contribution in [3.05, 3.63) is 35.4 Å². The average Bonchev–Trinajstić information content (AvgIpc) is 2.76. The van der Waals surface area contributed by atoms with Crippen LogP contribution in [0.3, 0.4) is 0 Å². The van der Waals surface area contributed by atoms with Gasteiger partial charge < -0.3 is 5.32 Å². The summed E-state index contributed by atoms with van der Waals surface area (Å²) in [4.78, 5) is 0. The second-order valence-corrected chi connectivity index (χ2v) is 6.17. The topological polar surface area (TPSA) is 35.8 Å². The summed E-state index contributed by atoms with van der Waals surface area (Å²) in [6.45, 7) is 4.52. The van der Waals surface area contributed by atoms with Crippen molar-refractivity contribution in [2.24, 2.45) is 5.92 Å². The molecule has 1 aromatic rings. The standard InChI is InChI=1S/C18H26N2/c1-14(17-9-5-3-4-6-10-17)20-15(2)18-11-7-8-16(12-18)13-19/h7-8,11-12,14-15,17,20H,3-6,9-10H2,1-2H3/t14-,15?/m0/s1. The molecule has 2 atom stereocenters. The van der Waals surface area contributed by atoms with E-state index in [0.29, 0.717) is 12.1 Å². The van der Waals surface area contributed by atoms with Crippen molar-refractivity contribution < 1.29 is 0 Å². The minimum absolute atomic E-state index is 0.307. The minimum atomic E-state index is 0.307. The van der Waals surface area contributed by atoms with Crippen molar-refractivity contribution in [1.29, 1.82) is 5.26 Å². The lowest BCUT2D eigenvalue weighted by atomic mass is 9.92. The molecule has 1 aliphatic rings. The Kier molecular flexibility index (Phi) is 5.61. The zero-order valence-electron chi connectivity index (χ0n) is 12.7. The van der Waals surface area contributed by atoms with E-state index in [9.17, 15) is 0 Å². The SMILES string of the molecule is CC(N[C@@H](C)C1CCCCCC1)c1cccc(C#N)c1. The Balaban J connectivity index is 1.95. The molecule has 0 aromatic heterocycles. The van der Waals surface area contributed by atoms with Crippen LogP contribution in [0.25, 0.3) is 0 Å². The molecule has 1 fully saturated rings. The number of rotatable bonds is 4. The van der Waals surface area contributed by atoms with Gasteiger partial charge in [0.05, 0.1) is 11.6 Å². The Morgan fingerprint density at radius 3 is 2.50 bits per heavy atom. The fraction of sp³-hybridized carbons (Fsp3) is 0.611. The van der Waals surface area contributed by atoms with Gasteiger partial charge in [0.25, 0.3) is 0 Å². The molecule has 20 heavy (non-hydrogen) atoms. The third-order valence-electron chi connectivity index (χ3n) is 4.64. The predicted molar refractivity (Wildman–Crippen MR) is 83.4 cm³/mol. The largest absolute Gasteiger partial charge is 0.307 e. The van der Waals surface area contributed by atoms with Gasteiger partial charge in [0.15, 0.2) is 0 Å².